The van der Waals surface area contributed by atoms with E-state index in [1.807, 2.05) is 0 Å². The predicted octanol–water partition coefficient (Wildman–Crippen LogP) is 2.29. The lowest BCUT2D eigenvalue weighted by molar-refractivity contribution is 0.0695. The molecule has 4 N–H and O–H groups in total. The van der Waals surface area contributed by atoms with E-state index >= 15 is 0 Å². The number of anilines is 2. The average Bonchev–Trinajstić information content (AvgIpc) is 2.31. The van der Waals surface area contributed by atoms with E-state index in [0.29, 0.717) is 11.5 Å². The SMILES string of the molecule is O=C(O)c1cc(Nc2cccc(O)c2)n[nH]c1=S. The van der Waals surface area contributed by atoms with Gasteiger partial charge in [0.2, 0.25) is 0 Å². The van der Waals surface area contributed by atoms with Crippen LogP contribution < -0.4 is 5.32 Å². The minimum Gasteiger partial charge on any atom is -0.508 e. The summed E-state index contributed by atoms with van der Waals surface area (Å²) in [5.41, 5.74) is 0.548. The Balaban J connectivity index is 2.33. The maximum absolute atomic E-state index is 10.9. The highest BCUT2D eigenvalue weighted by molar-refractivity contribution is 7.71. The molecule has 2 aromatic rings. The number of aromatic hydroxyl groups is 1. The van der Waals surface area contributed by atoms with Crippen molar-refractivity contribution in [1.29, 1.82) is 0 Å². The number of aromatic amines is 1. The third-order valence-corrected chi connectivity index (χ3v) is 2.46. The summed E-state index contributed by atoms with van der Waals surface area (Å²) in [6.07, 6.45) is 0. The fraction of sp³-hybridized carbons (Fsp3) is 0. The van der Waals surface area contributed by atoms with Crippen LogP contribution in [0.5, 0.6) is 5.75 Å². The van der Waals surface area contributed by atoms with Gasteiger partial charge in [0.05, 0.1) is 5.56 Å². The molecule has 0 saturated heterocycles. The minimum absolute atomic E-state index is 0.0392. The molecule has 1 heterocycles. The van der Waals surface area contributed by atoms with E-state index in [2.05, 4.69) is 15.5 Å². The van der Waals surface area contributed by atoms with Gasteiger partial charge in [-0.1, -0.05) is 18.3 Å². The van der Waals surface area contributed by atoms with Gasteiger partial charge in [-0.3, -0.25) is 5.10 Å². The first-order valence-electron chi connectivity index (χ1n) is 4.95. The van der Waals surface area contributed by atoms with Gasteiger partial charge in [-0.05, 0) is 12.1 Å². The van der Waals surface area contributed by atoms with E-state index < -0.39 is 5.97 Å². The Labute approximate surface area is 107 Å². The van der Waals surface area contributed by atoms with Crippen LogP contribution in [0.3, 0.4) is 0 Å². The third kappa shape index (κ3) is 2.64. The molecule has 0 bridgehead atoms. The lowest BCUT2D eigenvalue weighted by Gasteiger charge is -2.06. The van der Waals surface area contributed by atoms with Crippen LogP contribution in [0.2, 0.25) is 0 Å². The molecule has 18 heavy (non-hydrogen) atoms. The van der Waals surface area contributed by atoms with Crippen LogP contribution >= 0.6 is 12.2 Å². The van der Waals surface area contributed by atoms with Gasteiger partial charge in [-0.15, -0.1) is 0 Å². The van der Waals surface area contributed by atoms with Gasteiger partial charge < -0.3 is 15.5 Å². The van der Waals surface area contributed by atoms with Gasteiger partial charge in [0, 0.05) is 17.8 Å². The number of benzene rings is 1. The number of phenolic OH excluding ortho intramolecular Hbond substituents is 1. The van der Waals surface area contributed by atoms with Crippen LogP contribution in [0.25, 0.3) is 0 Å². The Hall–Kier alpha value is -2.41. The van der Waals surface area contributed by atoms with Crippen molar-refractivity contribution in [1.82, 2.24) is 10.2 Å². The van der Waals surface area contributed by atoms with Crippen molar-refractivity contribution < 1.29 is 15.0 Å². The van der Waals surface area contributed by atoms with Crippen LogP contribution in [0.4, 0.5) is 11.5 Å². The summed E-state index contributed by atoms with van der Waals surface area (Å²) in [5, 5.41) is 27.4. The first kappa shape index (κ1) is 12.1. The molecule has 1 aromatic carbocycles. The molecular formula is C11H9N3O3S. The van der Waals surface area contributed by atoms with E-state index in [4.69, 9.17) is 17.3 Å². The molecule has 1 aromatic heterocycles. The molecule has 0 aliphatic rings. The van der Waals surface area contributed by atoms with Gasteiger partial charge in [0.1, 0.15) is 10.4 Å². The summed E-state index contributed by atoms with van der Waals surface area (Å²) >= 11 is 4.81. The molecule has 0 unspecified atom stereocenters. The van der Waals surface area contributed by atoms with Crippen molar-refractivity contribution in [3.05, 3.63) is 40.5 Å². The maximum atomic E-state index is 10.9. The lowest BCUT2D eigenvalue weighted by atomic mass is 10.3. The Morgan fingerprint density at radius 2 is 2.17 bits per heavy atom. The molecule has 0 aliphatic carbocycles. The predicted molar refractivity (Wildman–Crippen MR) is 67.8 cm³/mol. The molecule has 6 nitrogen and oxygen atoms in total. The van der Waals surface area contributed by atoms with E-state index in [-0.39, 0.29) is 16.0 Å². The first-order valence-corrected chi connectivity index (χ1v) is 5.36. The van der Waals surface area contributed by atoms with Crippen molar-refractivity contribution in [3.63, 3.8) is 0 Å². The van der Waals surface area contributed by atoms with Gasteiger partial charge in [0.15, 0.2) is 5.82 Å². The van der Waals surface area contributed by atoms with Gasteiger partial charge in [-0.2, -0.15) is 5.10 Å². The van der Waals surface area contributed by atoms with Crippen LogP contribution in [-0.4, -0.2) is 26.4 Å². The van der Waals surface area contributed by atoms with Crippen LogP contribution in [0.15, 0.2) is 30.3 Å². The molecule has 0 atom stereocenters. The molecule has 0 spiro atoms. The number of rotatable bonds is 3. The molecule has 92 valence electrons. The summed E-state index contributed by atoms with van der Waals surface area (Å²) in [7, 11) is 0. The molecule has 7 heteroatoms. The van der Waals surface area contributed by atoms with Crippen LogP contribution in [-0.2, 0) is 0 Å². The first-order chi connectivity index (χ1) is 8.56. The number of aromatic nitrogens is 2. The number of hydrogen-bond acceptors (Lipinski definition) is 5. The Morgan fingerprint density at radius 1 is 1.39 bits per heavy atom. The third-order valence-electron chi connectivity index (χ3n) is 2.15. The van der Waals surface area contributed by atoms with Gasteiger partial charge in [-0.25, -0.2) is 4.79 Å². The largest absolute Gasteiger partial charge is 0.508 e. The number of nitrogens with one attached hydrogen (secondary N) is 2. The Kier molecular flexibility index (Phi) is 3.24. The van der Waals surface area contributed by atoms with Crippen LogP contribution in [0.1, 0.15) is 10.4 Å². The van der Waals surface area contributed by atoms with Crippen molar-refractivity contribution in [2.24, 2.45) is 0 Å². The summed E-state index contributed by atoms with van der Waals surface area (Å²) in [4.78, 5) is 10.9. The van der Waals surface area contributed by atoms with E-state index in [0.717, 1.165) is 0 Å². The molecule has 0 amide bonds. The Bertz CT molecular complexity index is 654. The zero-order chi connectivity index (χ0) is 13.1. The quantitative estimate of drug-likeness (QED) is 0.634. The van der Waals surface area contributed by atoms with Crippen molar-refractivity contribution in [3.8, 4) is 5.75 Å². The monoisotopic (exact) mass is 263 g/mol. The number of hydrogen-bond donors (Lipinski definition) is 4. The molecular weight excluding hydrogens is 254 g/mol. The second-order valence-electron chi connectivity index (χ2n) is 3.48. The highest BCUT2D eigenvalue weighted by Crippen LogP contribution is 2.19. The molecule has 2 rings (SSSR count). The maximum Gasteiger partial charge on any atom is 0.338 e. The molecule has 0 aliphatic heterocycles. The standard InChI is InChI=1S/C11H9N3O3S/c15-7-3-1-2-6(4-7)12-9-5-8(11(16)17)10(18)14-13-9/h1-5,15H,(H,12,13)(H,14,18)(H,16,17). The smallest absolute Gasteiger partial charge is 0.338 e. The number of aromatic carboxylic acids is 1. The fourth-order valence-electron chi connectivity index (χ4n) is 1.36. The van der Waals surface area contributed by atoms with E-state index in [1.165, 1.54) is 18.2 Å². The van der Waals surface area contributed by atoms with Gasteiger partial charge in [0.25, 0.3) is 0 Å². The normalized spacial score (nSPS) is 10.0. The van der Waals surface area contributed by atoms with Crippen molar-refractivity contribution >= 4 is 29.7 Å². The second-order valence-corrected chi connectivity index (χ2v) is 3.88. The van der Waals surface area contributed by atoms with E-state index in [1.54, 1.807) is 12.1 Å². The fourth-order valence-corrected chi connectivity index (χ4v) is 1.55. The highest BCUT2D eigenvalue weighted by atomic mass is 32.1. The Morgan fingerprint density at radius 3 is 2.83 bits per heavy atom. The average molecular weight is 263 g/mol. The lowest BCUT2D eigenvalue weighted by Crippen LogP contribution is -2.03. The molecule has 0 saturated carbocycles. The van der Waals surface area contributed by atoms with E-state index in [9.17, 15) is 9.90 Å². The summed E-state index contributed by atoms with van der Waals surface area (Å²) < 4.78 is 0.0592. The summed E-state index contributed by atoms with van der Waals surface area (Å²) in [5.74, 6) is -0.730. The topological polar surface area (TPSA) is 98.2 Å². The van der Waals surface area contributed by atoms with Crippen LogP contribution in [0, 0.1) is 4.64 Å². The van der Waals surface area contributed by atoms with Gasteiger partial charge >= 0.3 is 5.97 Å². The van der Waals surface area contributed by atoms with Crippen molar-refractivity contribution in [2.75, 3.05) is 5.32 Å². The highest BCUT2D eigenvalue weighted by Gasteiger charge is 2.08. The second kappa shape index (κ2) is 4.84. The number of carboxylic acids is 1. The van der Waals surface area contributed by atoms with Crippen molar-refractivity contribution in [2.45, 2.75) is 0 Å². The zero-order valence-corrected chi connectivity index (χ0v) is 9.86. The number of carboxylic acid groups (broad SMARTS) is 1. The zero-order valence-electron chi connectivity index (χ0n) is 9.04. The minimum atomic E-state index is -1.13. The number of carbonyl (C=O) groups is 1. The number of nitrogens with zero attached hydrogens (tertiary/aromatic N) is 1. The molecule has 0 fully saturated rings. The molecule has 0 radical (unpaired) electrons. The number of phenols is 1. The summed E-state index contributed by atoms with van der Waals surface area (Å²) in [6.45, 7) is 0. The summed E-state index contributed by atoms with van der Waals surface area (Å²) in [6, 6.07) is 7.71. The number of H-pyrrole nitrogens is 1.